The maximum absolute atomic E-state index is 12.5. The summed E-state index contributed by atoms with van der Waals surface area (Å²) in [7, 11) is 0. The van der Waals surface area contributed by atoms with E-state index in [1.54, 1.807) is 5.43 Å². The topological polar surface area (TPSA) is 91.3 Å². The molecular formula is C7H6FN3O3. The van der Waals surface area contributed by atoms with Crippen molar-refractivity contribution in [1.29, 1.82) is 0 Å². The number of hydrazine groups is 1. The van der Waals surface area contributed by atoms with Gasteiger partial charge < -0.3 is 5.11 Å². The predicted octanol–water partition coefficient (Wildman–Crippen LogP) is 0.133. The van der Waals surface area contributed by atoms with Crippen LogP contribution in [-0.2, 0) is 0 Å². The third kappa shape index (κ3) is 2.70. The van der Waals surface area contributed by atoms with E-state index in [0.29, 0.717) is 0 Å². The molecule has 0 aliphatic rings. The number of carbonyl (C=O) groups is 2. The van der Waals surface area contributed by atoms with Crippen LogP contribution in [0.2, 0.25) is 0 Å². The fourth-order valence-electron chi connectivity index (χ4n) is 0.709. The van der Waals surface area contributed by atoms with Crippen molar-refractivity contribution >= 4 is 12.0 Å². The van der Waals surface area contributed by atoms with Crippen LogP contribution >= 0.6 is 0 Å². The van der Waals surface area contributed by atoms with Gasteiger partial charge in [-0.3, -0.25) is 10.2 Å². The molecule has 0 atom stereocenters. The molecular weight excluding hydrogens is 193 g/mol. The Morgan fingerprint density at radius 3 is 2.64 bits per heavy atom. The van der Waals surface area contributed by atoms with Crippen molar-refractivity contribution < 1.29 is 19.1 Å². The van der Waals surface area contributed by atoms with Gasteiger partial charge in [-0.1, -0.05) is 6.07 Å². The first kappa shape index (κ1) is 9.90. The first-order chi connectivity index (χ1) is 6.59. The Morgan fingerprint density at radius 2 is 2.07 bits per heavy atom. The van der Waals surface area contributed by atoms with Crippen molar-refractivity contribution in [1.82, 2.24) is 15.8 Å². The number of halogens is 1. The molecule has 7 heteroatoms. The molecule has 0 spiro atoms. The Labute approximate surface area is 77.7 Å². The third-order valence-electron chi connectivity index (χ3n) is 1.23. The molecule has 14 heavy (non-hydrogen) atoms. The second-order valence-electron chi connectivity index (χ2n) is 2.23. The first-order valence-electron chi connectivity index (χ1n) is 3.51. The Kier molecular flexibility index (Phi) is 2.95. The van der Waals surface area contributed by atoms with Crippen LogP contribution in [0.1, 0.15) is 10.5 Å². The molecule has 0 saturated carbocycles. The van der Waals surface area contributed by atoms with Crippen molar-refractivity contribution in [3.05, 3.63) is 29.8 Å². The molecule has 0 saturated heterocycles. The molecule has 1 rings (SSSR count). The van der Waals surface area contributed by atoms with E-state index in [4.69, 9.17) is 5.11 Å². The number of rotatable bonds is 1. The fraction of sp³-hybridized carbons (Fsp3) is 0. The number of carboxylic acid groups (broad SMARTS) is 1. The maximum atomic E-state index is 12.5. The van der Waals surface area contributed by atoms with Gasteiger partial charge in [-0.2, -0.15) is 4.39 Å². The lowest BCUT2D eigenvalue weighted by atomic mass is 10.3. The summed E-state index contributed by atoms with van der Waals surface area (Å²) < 4.78 is 12.5. The lowest BCUT2D eigenvalue weighted by Gasteiger charge is -2.02. The zero-order valence-corrected chi connectivity index (χ0v) is 6.82. The van der Waals surface area contributed by atoms with E-state index in [1.165, 1.54) is 12.1 Å². The van der Waals surface area contributed by atoms with Gasteiger partial charge in [0, 0.05) is 0 Å². The first-order valence-corrected chi connectivity index (χ1v) is 3.51. The van der Waals surface area contributed by atoms with Crippen molar-refractivity contribution in [3.8, 4) is 0 Å². The zero-order chi connectivity index (χ0) is 10.6. The minimum absolute atomic E-state index is 0.209. The number of pyridine rings is 1. The molecule has 0 radical (unpaired) electrons. The standard InChI is InChI=1S/C7H6FN3O3/c8-5-3-1-2-4(9-5)6(12)10-11-7(13)14/h1-3,11H,(H,10,12)(H,13,14). The summed E-state index contributed by atoms with van der Waals surface area (Å²) in [5, 5.41) is 8.14. The van der Waals surface area contributed by atoms with Crippen molar-refractivity contribution in [2.24, 2.45) is 0 Å². The summed E-state index contributed by atoms with van der Waals surface area (Å²) in [6, 6.07) is 3.61. The van der Waals surface area contributed by atoms with Crippen LogP contribution in [0.15, 0.2) is 18.2 Å². The summed E-state index contributed by atoms with van der Waals surface area (Å²) in [5.41, 5.74) is 3.22. The van der Waals surface area contributed by atoms with Crippen LogP contribution in [0.4, 0.5) is 9.18 Å². The summed E-state index contributed by atoms with van der Waals surface area (Å²) in [4.78, 5) is 24.3. The highest BCUT2D eigenvalue weighted by atomic mass is 19.1. The molecule has 1 aromatic heterocycles. The zero-order valence-electron chi connectivity index (χ0n) is 6.82. The van der Waals surface area contributed by atoms with Gasteiger partial charge in [0.05, 0.1) is 0 Å². The molecule has 1 aromatic rings. The maximum Gasteiger partial charge on any atom is 0.423 e. The summed E-state index contributed by atoms with van der Waals surface area (Å²) in [6.07, 6.45) is -1.42. The van der Waals surface area contributed by atoms with Gasteiger partial charge in [-0.25, -0.2) is 15.2 Å². The highest BCUT2D eigenvalue weighted by Crippen LogP contribution is 1.96. The van der Waals surface area contributed by atoms with Gasteiger partial charge in [0.15, 0.2) is 0 Å². The number of carbonyl (C=O) groups excluding carboxylic acids is 1. The Balaban J connectivity index is 2.65. The molecule has 74 valence electrons. The van der Waals surface area contributed by atoms with Gasteiger partial charge in [0.1, 0.15) is 5.69 Å². The van der Waals surface area contributed by atoms with E-state index in [-0.39, 0.29) is 5.69 Å². The quantitative estimate of drug-likeness (QED) is 0.443. The minimum atomic E-state index is -1.42. The number of hydrogen-bond acceptors (Lipinski definition) is 3. The lowest BCUT2D eigenvalue weighted by Crippen LogP contribution is -2.41. The van der Waals surface area contributed by atoms with E-state index >= 15 is 0 Å². The van der Waals surface area contributed by atoms with E-state index in [0.717, 1.165) is 6.07 Å². The summed E-state index contributed by atoms with van der Waals surface area (Å²) in [5.74, 6) is -1.64. The molecule has 0 aliphatic carbocycles. The Hall–Kier alpha value is -2.18. The lowest BCUT2D eigenvalue weighted by molar-refractivity contribution is 0.0920. The van der Waals surface area contributed by atoms with Crippen molar-refractivity contribution in [2.45, 2.75) is 0 Å². The van der Waals surface area contributed by atoms with Crippen LogP contribution in [0, 0.1) is 5.95 Å². The van der Waals surface area contributed by atoms with Gasteiger partial charge in [0.25, 0.3) is 5.91 Å². The number of nitrogens with one attached hydrogen (secondary N) is 2. The monoisotopic (exact) mass is 199 g/mol. The minimum Gasteiger partial charge on any atom is -0.464 e. The molecule has 0 aliphatic heterocycles. The summed E-state index contributed by atoms with van der Waals surface area (Å²) >= 11 is 0. The van der Waals surface area contributed by atoms with Crippen LogP contribution in [0.25, 0.3) is 0 Å². The van der Waals surface area contributed by atoms with E-state index in [2.05, 4.69) is 4.98 Å². The highest BCUT2D eigenvalue weighted by molar-refractivity contribution is 5.92. The van der Waals surface area contributed by atoms with E-state index < -0.39 is 17.9 Å². The number of amides is 2. The molecule has 3 N–H and O–H groups in total. The Bertz CT molecular complexity index is 369. The Morgan fingerprint density at radius 1 is 1.36 bits per heavy atom. The third-order valence-corrected chi connectivity index (χ3v) is 1.23. The number of hydrogen-bond donors (Lipinski definition) is 3. The second kappa shape index (κ2) is 4.17. The normalized spacial score (nSPS) is 9.21. The highest BCUT2D eigenvalue weighted by Gasteiger charge is 2.07. The van der Waals surface area contributed by atoms with Gasteiger partial charge in [-0.05, 0) is 12.1 Å². The molecule has 0 aromatic carbocycles. The smallest absolute Gasteiger partial charge is 0.423 e. The van der Waals surface area contributed by atoms with E-state index in [9.17, 15) is 14.0 Å². The molecule has 1 heterocycles. The number of nitrogens with zero attached hydrogens (tertiary/aromatic N) is 1. The SMILES string of the molecule is O=C(O)NNC(=O)c1cccc(F)n1. The van der Waals surface area contributed by atoms with Crippen molar-refractivity contribution in [2.75, 3.05) is 0 Å². The summed E-state index contributed by atoms with van der Waals surface area (Å²) in [6.45, 7) is 0. The molecule has 2 amide bonds. The largest absolute Gasteiger partial charge is 0.464 e. The second-order valence-corrected chi connectivity index (χ2v) is 2.23. The van der Waals surface area contributed by atoms with Crippen LogP contribution in [0.3, 0.4) is 0 Å². The van der Waals surface area contributed by atoms with Gasteiger partial charge in [-0.15, -0.1) is 0 Å². The van der Waals surface area contributed by atoms with Crippen LogP contribution < -0.4 is 10.9 Å². The van der Waals surface area contributed by atoms with E-state index in [1.807, 2.05) is 5.43 Å². The average molecular weight is 199 g/mol. The van der Waals surface area contributed by atoms with Gasteiger partial charge >= 0.3 is 6.09 Å². The number of aromatic nitrogens is 1. The fourth-order valence-corrected chi connectivity index (χ4v) is 0.709. The van der Waals surface area contributed by atoms with Crippen molar-refractivity contribution in [3.63, 3.8) is 0 Å². The van der Waals surface area contributed by atoms with Gasteiger partial charge in [0.2, 0.25) is 5.95 Å². The van der Waals surface area contributed by atoms with Crippen LogP contribution in [0.5, 0.6) is 0 Å². The molecule has 0 fully saturated rings. The van der Waals surface area contributed by atoms with Crippen LogP contribution in [-0.4, -0.2) is 22.1 Å². The predicted molar refractivity (Wildman–Crippen MR) is 42.8 cm³/mol. The molecule has 6 nitrogen and oxygen atoms in total. The molecule has 0 bridgehead atoms. The molecule has 0 unspecified atom stereocenters. The average Bonchev–Trinajstić information content (AvgIpc) is 2.14.